The molecule has 0 aromatic heterocycles. The Morgan fingerprint density at radius 2 is 1.82 bits per heavy atom. The first kappa shape index (κ1) is 9.40. The van der Waals surface area contributed by atoms with Crippen molar-refractivity contribution in [3.63, 3.8) is 0 Å². The second-order valence-corrected chi connectivity index (χ2v) is 4.68. The van der Waals surface area contributed by atoms with Crippen LogP contribution >= 0.6 is 12.6 Å². The summed E-state index contributed by atoms with van der Waals surface area (Å²) in [5, 5.41) is 0. The van der Waals surface area contributed by atoms with Crippen molar-refractivity contribution in [3.8, 4) is 0 Å². The van der Waals surface area contributed by atoms with Crippen molar-refractivity contribution >= 4 is 12.6 Å². The molecule has 2 heteroatoms. The van der Waals surface area contributed by atoms with E-state index in [0.717, 1.165) is 5.75 Å². The van der Waals surface area contributed by atoms with Crippen LogP contribution in [-0.2, 0) is 0 Å². The van der Waals surface area contributed by atoms with Gasteiger partial charge in [-0.1, -0.05) is 13.8 Å². The number of hydrogen-bond donors (Lipinski definition) is 1. The fourth-order valence-electron chi connectivity index (χ4n) is 1.52. The van der Waals surface area contributed by atoms with Crippen LogP contribution in [0, 0.1) is 5.41 Å². The van der Waals surface area contributed by atoms with Gasteiger partial charge in [-0.3, -0.25) is 0 Å². The topological polar surface area (TPSA) is 3.24 Å². The second kappa shape index (κ2) is 3.81. The number of thiol groups is 1. The Kier molecular flexibility index (Phi) is 3.26. The van der Waals surface area contributed by atoms with Gasteiger partial charge in [-0.05, 0) is 31.3 Å². The predicted octanol–water partition coefficient (Wildman–Crippen LogP) is 2.04. The average molecular weight is 173 g/mol. The smallest absolute Gasteiger partial charge is 0.00698 e. The van der Waals surface area contributed by atoms with Crippen molar-refractivity contribution in [2.24, 2.45) is 5.41 Å². The molecule has 66 valence electrons. The van der Waals surface area contributed by atoms with Crippen LogP contribution in [0.1, 0.15) is 26.7 Å². The van der Waals surface area contributed by atoms with Gasteiger partial charge in [0.25, 0.3) is 0 Å². The molecule has 1 aliphatic heterocycles. The van der Waals surface area contributed by atoms with Gasteiger partial charge < -0.3 is 4.90 Å². The first-order valence-electron chi connectivity index (χ1n) is 4.47. The molecule has 0 aromatic carbocycles. The second-order valence-electron chi connectivity index (χ2n) is 4.23. The summed E-state index contributed by atoms with van der Waals surface area (Å²) in [6, 6.07) is 0. The minimum atomic E-state index is 0.590. The SMILES string of the molecule is CC1(C)CCN(CCS)CC1. The summed E-state index contributed by atoms with van der Waals surface area (Å²) in [5.41, 5.74) is 0.590. The Balaban J connectivity index is 2.25. The van der Waals surface area contributed by atoms with E-state index < -0.39 is 0 Å². The quantitative estimate of drug-likeness (QED) is 0.625. The molecule has 0 bridgehead atoms. The van der Waals surface area contributed by atoms with Crippen LogP contribution in [0.15, 0.2) is 0 Å². The van der Waals surface area contributed by atoms with E-state index in [-0.39, 0.29) is 0 Å². The Morgan fingerprint density at radius 3 is 2.27 bits per heavy atom. The largest absolute Gasteiger partial charge is 0.302 e. The molecule has 1 saturated heterocycles. The number of piperidine rings is 1. The van der Waals surface area contributed by atoms with Gasteiger partial charge in [0.2, 0.25) is 0 Å². The van der Waals surface area contributed by atoms with Crippen molar-refractivity contribution in [3.05, 3.63) is 0 Å². The Hall–Kier alpha value is 0.310. The van der Waals surface area contributed by atoms with Gasteiger partial charge in [0.1, 0.15) is 0 Å². The van der Waals surface area contributed by atoms with Crippen molar-refractivity contribution in [1.29, 1.82) is 0 Å². The van der Waals surface area contributed by atoms with Crippen LogP contribution in [-0.4, -0.2) is 30.3 Å². The fraction of sp³-hybridized carbons (Fsp3) is 1.00. The molecule has 0 radical (unpaired) electrons. The van der Waals surface area contributed by atoms with E-state index in [1.165, 1.54) is 32.5 Å². The molecule has 0 spiro atoms. The molecule has 11 heavy (non-hydrogen) atoms. The molecular weight excluding hydrogens is 154 g/mol. The Bertz CT molecular complexity index is 113. The Morgan fingerprint density at radius 1 is 1.27 bits per heavy atom. The number of nitrogens with zero attached hydrogens (tertiary/aromatic N) is 1. The van der Waals surface area contributed by atoms with Crippen LogP contribution in [0.3, 0.4) is 0 Å². The van der Waals surface area contributed by atoms with Crippen LogP contribution in [0.25, 0.3) is 0 Å². The lowest BCUT2D eigenvalue weighted by Gasteiger charge is -2.36. The molecule has 1 rings (SSSR count). The number of hydrogen-bond acceptors (Lipinski definition) is 2. The normalized spacial score (nSPS) is 25.4. The summed E-state index contributed by atoms with van der Waals surface area (Å²) < 4.78 is 0. The maximum atomic E-state index is 4.23. The third-order valence-corrected chi connectivity index (χ3v) is 2.83. The summed E-state index contributed by atoms with van der Waals surface area (Å²) in [7, 11) is 0. The molecule has 0 saturated carbocycles. The number of likely N-dealkylation sites (tertiary alicyclic amines) is 1. The van der Waals surface area contributed by atoms with E-state index in [0.29, 0.717) is 5.41 Å². The van der Waals surface area contributed by atoms with Crippen molar-refractivity contribution in [2.45, 2.75) is 26.7 Å². The van der Waals surface area contributed by atoms with Gasteiger partial charge in [0.05, 0.1) is 0 Å². The highest BCUT2D eigenvalue weighted by atomic mass is 32.1. The first-order chi connectivity index (χ1) is 5.14. The molecule has 1 heterocycles. The van der Waals surface area contributed by atoms with Crippen molar-refractivity contribution in [2.75, 3.05) is 25.4 Å². The Labute approximate surface area is 75.6 Å². The van der Waals surface area contributed by atoms with E-state index in [1.807, 2.05) is 0 Å². The molecule has 0 amide bonds. The molecular formula is C9H19NS. The van der Waals surface area contributed by atoms with Crippen LogP contribution in [0.2, 0.25) is 0 Å². The van der Waals surface area contributed by atoms with Crippen LogP contribution in [0.5, 0.6) is 0 Å². The summed E-state index contributed by atoms with van der Waals surface area (Å²) in [6.45, 7) is 8.44. The molecule has 0 atom stereocenters. The maximum Gasteiger partial charge on any atom is 0.00698 e. The lowest BCUT2D eigenvalue weighted by Crippen LogP contribution is -2.38. The predicted molar refractivity (Wildman–Crippen MR) is 53.3 cm³/mol. The molecule has 1 fully saturated rings. The first-order valence-corrected chi connectivity index (χ1v) is 5.10. The van der Waals surface area contributed by atoms with Crippen molar-refractivity contribution < 1.29 is 0 Å². The van der Waals surface area contributed by atoms with Crippen LogP contribution < -0.4 is 0 Å². The van der Waals surface area contributed by atoms with Gasteiger partial charge >= 0.3 is 0 Å². The number of rotatable bonds is 2. The van der Waals surface area contributed by atoms with Crippen molar-refractivity contribution in [1.82, 2.24) is 4.90 Å². The van der Waals surface area contributed by atoms with E-state index in [2.05, 4.69) is 31.4 Å². The van der Waals surface area contributed by atoms with E-state index in [9.17, 15) is 0 Å². The van der Waals surface area contributed by atoms with E-state index in [4.69, 9.17) is 0 Å². The van der Waals surface area contributed by atoms with Crippen LogP contribution in [0.4, 0.5) is 0 Å². The third-order valence-electron chi connectivity index (χ3n) is 2.63. The summed E-state index contributed by atoms with van der Waals surface area (Å²) in [4.78, 5) is 2.51. The van der Waals surface area contributed by atoms with Gasteiger partial charge in [-0.25, -0.2) is 0 Å². The minimum absolute atomic E-state index is 0.590. The van der Waals surface area contributed by atoms with Gasteiger partial charge in [0, 0.05) is 12.3 Å². The summed E-state index contributed by atoms with van der Waals surface area (Å²) in [5.74, 6) is 1.00. The monoisotopic (exact) mass is 173 g/mol. The van der Waals surface area contributed by atoms with Gasteiger partial charge in [-0.2, -0.15) is 12.6 Å². The van der Waals surface area contributed by atoms with E-state index in [1.54, 1.807) is 0 Å². The molecule has 0 aliphatic carbocycles. The lowest BCUT2D eigenvalue weighted by molar-refractivity contribution is 0.139. The molecule has 1 aliphatic rings. The molecule has 0 N–H and O–H groups in total. The average Bonchev–Trinajstić information content (AvgIpc) is 1.94. The summed E-state index contributed by atoms with van der Waals surface area (Å²) in [6.07, 6.45) is 2.70. The van der Waals surface area contributed by atoms with Gasteiger partial charge in [-0.15, -0.1) is 0 Å². The highest BCUT2D eigenvalue weighted by Gasteiger charge is 2.24. The zero-order valence-electron chi connectivity index (χ0n) is 7.64. The summed E-state index contributed by atoms with van der Waals surface area (Å²) >= 11 is 4.23. The zero-order chi connectivity index (χ0) is 8.32. The molecule has 0 aromatic rings. The lowest BCUT2D eigenvalue weighted by atomic mass is 9.83. The fourth-order valence-corrected chi connectivity index (χ4v) is 1.81. The molecule has 0 unspecified atom stereocenters. The highest BCUT2D eigenvalue weighted by Crippen LogP contribution is 2.29. The molecule has 1 nitrogen and oxygen atoms in total. The highest BCUT2D eigenvalue weighted by molar-refractivity contribution is 7.80. The minimum Gasteiger partial charge on any atom is -0.302 e. The third kappa shape index (κ3) is 3.04. The maximum absolute atomic E-state index is 4.23. The standard InChI is InChI=1S/C9H19NS/c1-9(2)3-5-10(6-4-9)7-8-11/h11H,3-8H2,1-2H3. The van der Waals surface area contributed by atoms with Gasteiger partial charge in [0.15, 0.2) is 0 Å². The van der Waals surface area contributed by atoms with E-state index >= 15 is 0 Å². The zero-order valence-corrected chi connectivity index (χ0v) is 8.53.